The summed E-state index contributed by atoms with van der Waals surface area (Å²) in [5.74, 6) is 0. The van der Waals surface area contributed by atoms with Gasteiger partial charge < -0.3 is 5.32 Å². The topological polar surface area (TPSA) is 15.3 Å². The van der Waals surface area contributed by atoms with Gasteiger partial charge in [0, 0.05) is 11.6 Å². The van der Waals surface area contributed by atoms with Gasteiger partial charge >= 0.3 is 0 Å². The Morgan fingerprint density at radius 3 is 2.10 bits per heavy atom. The van der Waals surface area contributed by atoms with Gasteiger partial charge in [0.25, 0.3) is 0 Å². The van der Waals surface area contributed by atoms with Gasteiger partial charge in [-0.1, -0.05) is 34.1 Å². The smallest absolute Gasteiger partial charge is 0.0306 e. The Morgan fingerprint density at radius 2 is 1.60 bits per heavy atom. The number of likely N-dealkylation sites (tertiary alicyclic amines) is 1. The molecule has 120 valence electrons. The van der Waals surface area contributed by atoms with Crippen molar-refractivity contribution in [3.05, 3.63) is 0 Å². The highest BCUT2D eigenvalue weighted by atomic mass is 15.2. The van der Waals surface area contributed by atoms with Gasteiger partial charge in [-0.3, -0.25) is 4.90 Å². The maximum Gasteiger partial charge on any atom is 0.0306 e. The number of piperidine rings is 1. The Bertz CT molecular complexity index is 259. The lowest BCUT2D eigenvalue weighted by atomic mass is 9.82. The minimum atomic E-state index is 0.279. The van der Waals surface area contributed by atoms with Crippen LogP contribution in [0.3, 0.4) is 0 Å². The first-order chi connectivity index (χ1) is 9.27. The summed E-state index contributed by atoms with van der Waals surface area (Å²) in [7, 11) is 0. The molecule has 1 N–H and O–H groups in total. The summed E-state index contributed by atoms with van der Waals surface area (Å²) in [5, 5.41) is 3.84. The Morgan fingerprint density at radius 1 is 1.00 bits per heavy atom. The highest BCUT2D eigenvalue weighted by Gasteiger charge is 2.35. The molecule has 0 bridgehead atoms. The van der Waals surface area contributed by atoms with E-state index >= 15 is 0 Å². The van der Waals surface area contributed by atoms with Crippen molar-refractivity contribution in [2.24, 2.45) is 5.41 Å². The molecule has 0 amide bonds. The molecule has 0 aromatic rings. The largest absolute Gasteiger partial charge is 0.312 e. The van der Waals surface area contributed by atoms with Crippen LogP contribution in [0.4, 0.5) is 0 Å². The van der Waals surface area contributed by atoms with Crippen LogP contribution >= 0.6 is 0 Å². The molecule has 2 nitrogen and oxygen atoms in total. The fraction of sp³-hybridized carbons (Fsp3) is 1.00. The van der Waals surface area contributed by atoms with E-state index < -0.39 is 0 Å². The van der Waals surface area contributed by atoms with E-state index in [0.717, 1.165) is 6.54 Å². The predicted octanol–water partition coefficient (Wildman–Crippen LogP) is 4.45. The van der Waals surface area contributed by atoms with Crippen molar-refractivity contribution < 1.29 is 0 Å². The van der Waals surface area contributed by atoms with Crippen LogP contribution < -0.4 is 5.32 Å². The number of nitrogens with zero attached hydrogens (tertiary/aromatic N) is 1. The predicted molar refractivity (Wildman–Crippen MR) is 90.3 cm³/mol. The number of rotatable bonds is 7. The number of nitrogens with one attached hydrogen (secondary N) is 1. The van der Waals surface area contributed by atoms with E-state index in [0.29, 0.717) is 11.5 Å². The molecule has 1 aliphatic heterocycles. The van der Waals surface area contributed by atoms with Crippen molar-refractivity contribution in [3.8, 4) is 0 Å². The van der Waals surface area contributed by atoms with Gasteiger partial charge in [-0.25, -0.2) is 0 Å². The quantitative estimate of drug-likeness (QED) is 0.742. The molecule has 0 radical (unpaired) electrons. The summed E-state index contributed by atoms with van der Waals surface area (Å²) in [5.41, 5.74) is 0.713. The molecule has 1 aliphatic rings. The average Bonchev–Trinajstić information content (AvgIpc) is 2.38. The first kappa shape index (κ1) is 18.0. The summed E-state index contributed by atoms with van der Waals surface area (Å²) in [6.07, 6.45) is 7.98. The molecular weight excluding hydrogens is 244 g/mol. The average molecular weight is 283 g/mol. The maximum atomic E-state index is 3.84. The standard InChI is InChI=1S/C18H38N2/c1-7-13-19-16(11-12-17(2,3)4)18(5,6)20-14-9-8-10-15-20/h16,19H,7-15H2,1-6H3. The second-order valence-electron chi connectivity index (χ2n) is 8.31. The minimum absolute atomic E-state index is 0.279. The Balaban J connectivity index is 2.67. The molecule has 0 aromatic heterocycles. The van der Waals surface area contributed by atoms with Gasteiger partial charge in [0.2, 0.25) is 0 Å². The Kier molecular flexibility index (Phi) is 7.00. The second-order valence-corrected chi connectivity index (χ2v) is 8.31. The maximum absolute atomic E-state index is 3.84. The monoisotopic (exact) mass is 282 g/mol. The SMILES string of the molecule is CCCNC(CCC(C)(C)C)C(C)(C)N1CCCCC1. The molecule has 20 heavy (non-hydrogen) atoms. The molecule has 1 heterocycles. The summed E-state index contributed by atoms with van der Waals surface area (Å²) < 4.78 is 0. The molecule has 1 atom stereocenters. The molecule has 0 spiro atoms. The lowest BCUT2D eigenvalue weighted by Crippen LogP contribution is -2.59. The molecule has 1 fully saturated rings. The summed E-state index contributed by atoms with van der Waals surface area (Å²) >= 11 is 0. The zero-order valence-corrected chi connectivity index (χ0v) is 14.9. The van der Waals surface area contributed by atoms with Gasteiger partial charge in [-0.15, -0.1) is 0 Å². The third-order valence-electron chi connectivity index (χ3n) is 4.85. The van der Waals surface area contributed by atoms with Gasteiger partial charge in [-0.2, -0.15) is 0 Å². The van der Waals surface area contributed by atoms with Crippen LogP contribution in [0.1, 0.15) is 80.1 Å². The van der Waals surface area contributed by atoms with Crippen molar-refractivity contribution in [1.82, 2.24) is 10.2 Å². The van der Waals surface area contributed by atoms with Crippen molar-refractivity contribution >= 4 is 0 Å². The zero-order chi connectivity index (χ0) is 15.2. The molecule has 1 rings (SSSR count). The lowest BCUT2D eigenvalue weighted by Gasteiger charge is -2.47. The number of hydrogen-bond donors (Lipinski definition) is 1. The van der Waals surface area contributed by atoms with Gasteiger partial charge in [0.1, 0.15) is 0 Å². The van der Waals surface area contributed by atoms with Gasteiger partial charge in [-0.05, 0) is 71.0 Å². The van der Waals surface area contributed by atoms with Crippen LogP contribution in [0.25, 0.3) is 0 Å². The van der Waals surface area contributed by atoms with E-state index in [1.165, 1.54) is 51.6 Å². The first-order valence-corrected chi connectivity index (χ1v) is 8.76. The normalized spacial score (nSPS) is 20.1. The van der Waals surface area contributed by atoms with Crippen molar-refractivity contribution in [2.45, 2.75) is 91.6 Å². The second kappa shape index (κ2) is 7.79. The van der Waals surface area contributed by atoms with E-state index in [4.69, 9.17) is 0 Å². The Hall–Kier alpha value is -0.0800. The molecule has 2 heteroatoms. The molecule has 0 aromatic carbocycles. The van der Waals surface area contributed by atoms with E-state index in [-0.39, 0.29) is 5.54 Å². The molecule has 1 unspecified atom stereocenters. The van der Waals surface area contributed by atoms with Crippen molar-refractivity contribution in [2.75, 3.05) is 19.6 Å². The van der Waals surface area contributed by atoms with Crippen molar-refractivity contribution in [3.63, 3.8) is 0 Å². The van der Waals surface area contributed by atoms with E-state index in [2.05, 4.69) is 51.8 Å². The van der Waals surface area contributed by atoms with Crippen LogP contribution in [0, 0.1) is 5.41 Å². The van der Waals surface area contributed by atoms with Crippen LogP contribution in [-0.2, 0) is 0 Å². The first-order valence-electron chi connectivity index (χ1n) is 8.76. The lowest BCUT2D eigenvalue weighted by molar-refractivity contribution is 0.0544. The molecular formula is C18H38N2. The van der Waals surface area contributed by atoms with E-state index in [9.17, 15) is 0 Å². The third-order valence-corrected chi connectivity index (χ3v) is 4.85. The highest BCUT2D eigenvalue weighted by Crippen LogP contribution is 2.29. The number of hydrogen-bond acceptors (Lipinski definition) is 2. The molecule has 1 saturated heterocycles. The molecule has 0 aliphatic carbocycles. The zero-order valence-electron chi connectivity index (χ0n) is 14.9. The van der Waals surface area contributed by atoms with E-state index in [1.807, 2.05) is 0 Å². The van der Waals surface area contributed by atoms with Crippen LogP contribution in [0.5, 0.6) is 0 Å². The Labute approximate surface area is 127 Å². The van der Waals surface area contributed by atoms with Crippen LogP contribution in [0.15, 0.2) is 0 Å². The van der Waals surface area contributed by atoms with Crippen LogP contribution in [-0.4, -0.2) is 36.1 Å². The highest BCUT2D eigenvalue weighted by molar-refractivity contribution is 4.95. The van der Waals surface area contributed by atoms with Crippen molar-refractivity contribution in [1.29, 1.82) is 0 Å². The van der Waals surface area contributed by atoms with E-state index in [1.54, 1.807) is 0 Å². The van der Waals surface area contributed by atoms with Gasteiger partial charge in [0.05, 0.1) is 0 Å². The fourth-order valence-corrected chi connectivity index (χ4v) is 3.29. The van der Waals surface area contributed by atoms with Gasteiger partial charge in [0.15, 0.2) is 0 Å². The van der Waals surface area contributed by atoms with Crippen LogP contribution in [0.2, 0.25) is 0 Å². The minimum Gasteiger partial charge on any atom is -0.312 e. The molecule has 0 saturated carbocycles. The summed E-state index contributed by atoms with van der Waals surface area (Å²) in [6, 6.07) is 0.611. The third kappa shape index (κ3) is 5.73. The summed E-state index contributed by atoms with van der Waals surface area (Å²) in [4.78, 5) is 2.73. The summed E-state index contributed by atoms with van der Waals surface area (Å²) in [6.45, 7) is 18.0. The fourth-order valence-electron chi connectivity index (χ4n) is 3.29.